The van der Waals surface area contributed by atoms with E-state index in [1.165, 1.54) is 11.3 Å². The molecule has 0 N–H and O–H groups in total. The number of nitrogens with zero attached hydrogens (tertiary/aromatic N) is 4. The second kappa shape index (κ2) is 4.23. The molecule has 3 rings (SSSR count). The zero-order chi connectivity index (χ0) is 13.6. The van der Waals surface area contributed by atoms with Crippen molar-refractivity contribution in [3.05, 3.63) is 41.5 Å². The van der Waals surface area contributed by atoms with E-state index in [2.05, 4.69) is 42.5 Å². The molecule has 0 aliphatic rings. The Morgan fingerprint density at radius 2 is 2.00 bits per heavy atom. The molecule has 0 unspecified atom stereocenters. The van der Waals surface area contributed by atoms with Crippen molar-refractivity contribution < 1.29 is 0 Å². The Kier molecular flexibility index (Phi) is 2.66. The van der Waals surface area contributed by atoms with Gasteiger partial charge in [-0.3, -0.25) is 4.68 Å². The average Bonchev–Trinajstić information content (AvgIpc) is 2.91. The number of imidazole rings is 1. The first-order valence-electron chi connectivity index (χ1n) is 6.60. The average molecular weight is 254 g/mol. The third kappa shape index (κ3) is 1.75. The van der Waals surface area contributed by atoms with Crippen LogP contribution < -0.4 is 0 Å². The molecule has 0 bridgehead atoms. The van der Waals surface area contributed by atoms with E-state index < -0.39 is 0 Å². The maximum atomic E-state index is 4.76. The number of aromatic nitrogens is 4. The van der Waals surface area contributed by atoms with Crippen molar-refractivity contribution in [1.29, 1.82) is 0 Å². The third-order valence-corrected chi connectivity index (χ3v) is 3.62. The zero-order valence-corrected chi connectivity index (χ0v) is 11.8. The standard InChI is InChI=1S/C15H18N4/c1-5-19-12(4)14(11(3)17-19)13-9-18-8-6-7-10(2)15(18)16-13/h6-9H,5H2,1-4H3. The maximum absolute atomic E-state index is 4.76. The SMILES string of the molecule is CCn1nc(C)c(-c2cn3cccc(C)c3n2)c1C. The second-order valence-electron chi connectivity index (χ2n) is 4.91. The Balaban J connectivity index is 2.25. The largest absolute Gasteiger partial charge is 0.306 e. The lowest BCUT2D eigenvalue weighted by molar-refractivity contribution is 0.634. The number of pyridine rings is 1. The fraction of sp³-hybridized carbons (Fsp3) is 0.333. The normalized spacial score (nSPS) is 11.4. The van der Waals surface area contributed by atoms with Gasteiger partial charge in [0.2, 0.25) is 0 Å². The van der Waals surface area contributed by atoms with Crippen LogP contribution in [0.15, 0.2) is 24.5 Å². The molecule has 3 heterocycles. The fourth-order valence-electron chi connectivity index (χ4n) is 2.65. The molecule has 0 aromatic carbocycles. The lowest BCUT2D eigenvalue weighted by Crippen LogP contribution is -1.98. The highest BCUT2D eigenvalue weighted by Gasteiger charge is 2.15. The van der Waals surface area contributed by atoms with Gasteiger partial charge in [0.15, 0.2) is 0 Å². The van der Waals surface area contributed by atoms with Gasteiger partial charge in [0, 0.05) is 30.2 Å². The first kappa shape index (κ1) is 12.0. The summed E-state index contributed by atoms with van der Waals surface area (Å²) in [4.78, 5) is 4.76. The molecule has 0 radical (unpaired) electrons. The van der Waals surface area contributed by atoms with Gasteiger partial charge in [0.05, 0.1) is 11.4 Å². The number of hydrogen-bond donors (Lipinski definition) is 0. The minimum absolute atomic E-state index is 0.888. The molecule has 3 aromatic heterocycles. The van der Waals surface area contributed by atoms with E-state index in [0.29, 0.717) is 0 Å². The smallest absolute Gasteiger partial charge is 0.140 e. The quantitative estimate of drug-likeness (QED) is 0.704. The van der Waals surface area contributed by atoms with Gasteiger partial charge in [-0.05, 0) is 39.3 Å². The number of rotatable bonds is 2. The number of fused-ring (bicyclic) bond motifs is 1. The topological polar surface area (TPSA) is 35.1 Å². The van der Waals surface area contributed by atoms with Gasteiger partial charge in [-0.25, -0.2) is 4.98 Å². The van der Waals surface area contributed by atoms with E-state index in [9.17, 15) is 0 Å². The zero-order valence-electron chi connectivity index (χ0n) is 11.8. The van der Waals surface area contributed by atoms with Gasteiger partial charge in [-0.1, -0.05) is 6.07 Å². The highest BCUT2D eigenvalue weighted by Crippen LogP contribution is 2.27. The van der Waals surface area contributed by atoms with Crippen molar-refractivity contribution in [3.8, 4) is 11.3 Å². The molecule has 3 aromatic rings. The lowest BCUT2D eigenvalue weighted by atomic mass is 10.1. The van der Waals surface area contributed by atoms with Gasteiger partial charge in [-0.15, -0.1) is 0 Å². The Morgan fingerprint density at radius 3 is 2.63 bits per heavy atom. The van der Waals surface area contributed by atoms with Gasteiger partial charge < -0.3 is 4.40 Å². The molecule has 4 heteroatoms. The van der Waals surface area contributed by atoms with Gasteiger partial charge in [0.25, 0.3) is 0 Å². The van der Waals surface area contributed by atoms with Crippen LogP contribution >= 0.6 is 0 Å². The van der Waals surface area contributed by atoms with Crippen LogP contribution in [0.3, 0.4) is 0 Å². The van der Waals surface area contributed by atoms with Crippen molar-refractivity contribution in [2.24, 2.45) is 0 Å². The predicted octanol–water partition coefficient (Wildman–Crippen LogP) is 3.14. The Labute approximate surface area is 112 Å². The molecule has 19 heavy (non-hydrogen) atoms. The summed E-state index contributed by atoms with van der Waals surface area (Å²) in [6, 6.07) is 4.13. The van der Waals surface area contributed by atoms with Gasteiger partial charge in [-0.2, -0.15) is 5.10 Å². The van der Waals surface area contributed by atoms with Gasteiger partial charge >= 0.3 is 0 Å². The molecular formula is C15H18N4. The number of hydrogen-bond acceptors (Lipinski definition) is 2. The summed E-state index contributed by atoms with van der Waals surface area (Å²) in [6.07, 6.45) is 4.12. The maximum Gasteiger partial charge on any atom is 0.140 e. The highest BCUT2D eigenvalue weighted by atomic mass is 15.3. The molecule has 98 valence electrons. The Morgan fingerprint density at radius 1 is 1.21 bits per heavy atom. The van der Waals surface area contributed by atoms with Crippen LogP contribution in [0.5, 0.6) is 0 Å². The van der Waals surface area contributed by atoms with Crippen LogP contribution in [0, 0.1) is 20.8 Å². The molecule has 0 amide bonds. The Bertz CT molecular complexity index is 749. The molecule has 4 nitrogen and oxygen atoms in total. The van der Waals surface area contributed by atoms with Crippen molar-refractivity contribution in [2.75, 3.05) is 0 Å². The summed E-state index contributed by atoms with van der Waals surface area (Å²) >= 11 is 0. The fourth-order valence-corrected chi connectivity index (χ4v) is 2.65. The van der Waals surface area contributed by atoms with E-state index in [1.807, 2.05) is 23.9 Å². The minimum atomic E-state index is 0.888. The van der Waals surface area contributed by atoms with E-state index in [1.54, 1.807) is 0 Å². The molecule has 0 saturated heterocycles. The van der Waals surface area contributed by atoms with Crippen LogP contribution in [0.2, 0.25) is 0 Å². The minimum Gasteiger partial charge on any atom is -0.306 e. The summed E-state index contributed by atoms with van der Waals surface area (Å²) in [5.41, 5.74) is 6.59. The molecule has 0 saturated carbocycles. The highest BCUT2D eigenvalue weighted by molar-refractivity contribution is 5.68. The summed E-state index contributed by atoms with van der Waals surface area (Å²) in [7, 11) is 0. The monoisotopic (exact) mass is 254 g/mol. The molecule has 0 spiro atoms. The predicted molar refractivity (Wildman–Crippen MR) is 76.3 cm³/mol. The Hall–Kier alpha value is -2.10. The summed E-state index contributed by atoms with van der Waals surface area (Å²) < 4.78 is 4.11. The summed E-state index contributed by atoms with van der Waals surface area (Å²) in [6.45, 7) is 9.23. The second-order valence-corrected chi connectivity index (χ2v) is 4.91. The van der Waals surface area contributed by atoms with Crippen molar-refractivity contribution in [3.63, 3.8) is 0 Å². The van der Waals surface area contributed by atoms with Crippen LogP contribution in [0.25, 0.3) is 16.9 Å². The van der Waals surface area contributed by atoms with Crippen LogP contribution in [0.1, 0.15) is 23.9 Å². The lowest BCUT2D eigenvalue weighted by Gasteiger charge is -1.99. The van der Waals surface area contributed by atoms with Crippen LogP contribution in [-0.2, 0) is 6.54 Å². The van der Waals surface area contributed by atoms with Crippen LogP contribution in [-0.4, -0.2) is 19.2 Å². The first-order chi connectivity index (χ1) is 9.11. The van der Waals surface area contributed by atoms with E-state index in [4.69, 9.17) is 4.98 Å². The molecular weight excluding hydrogens is 236 g/mol. The van der Waals surface area contributed by atoms with Crippen molar-refractivity contribution in [2.45, 2.75) is 34.2 Å². The van der Waals surface area contributed by atoms with E-state index in [-0.39, 0.29) is 0 Å². The van der Waals surface area contributed by atoms with E-state index in [0.717, 1.165) is 29.1 Å². The third-order valence-electron chi connectivity index (χ3n) is 3.62. The first-order valence-corrected chi connectivity index (χ1v) is 6.60. The molecule has 0 atom stereocenters. The summed E-state index contributed by atoms with van der Waals surface area (Å²) in [5.74, 6) is 0. The van der Waals surface area contributed by atoms with Crippen LogP contribution in [0.4, 0.5) is 0 Å². The number of aryl methyl sites for hydroxylation is 3. The molecule has 0 aliphatic heterocycles. The van der Waals surface area contributed by atoms with Gasteiger partial charge in [0.1, 0.15) is 5.65 Å². The summed E-state index contributed by atoms with van der Waals surface area (Å²) in [5, 5.41) is 4.57. The molecule has 0 fully saturated rings. The van der Waals surface area contributed by atoms with Crippen molar-refractivity contribution >= 4 is 5.65 Å². The van der Waals surface area contributed by atoms with Crippen molar-refractivity contribution in [1.82, 2.24) is 19.2 Å². The molecule has 0 aliphatic carbocycles. The van der Waals surface area contributed by atoms with E-state index >= 15 is 0 Å².